The zero-order chi connectivity index (χ0) is 13.1. The van der Waals surface area contributed by atoms with E-state index in [0.29, 0.717) is 6.04 Å². The molecule has 0 saturated carbocycles. The molecular weight excluding hydrogens is 228 g/mol. The van der Waals surface area contributed by atoms with Gasteiger partial charge >= 0.3 is 5.97 Å². The number of piperazine rings is 1. The minimum Gasteiger partial charge on any atom is -0.481 e. The summed E-state index contributed by atoms with van der Waals surface area (Å²) in [6, 6.07) is 10.5. The highest BCUT2D eigenvalue weighted by molar-refractivity contribution is 5.69. The van der Waals surface area contributed by atoms with Crippen molar-refractivity contribution in [3.63, 3.8) is 0 Å². The van der Waals surface area contributed by atoms with Crippen LogP contribution in [0.5, 0.6) is 0 Å². The van der Waals surface area contributed by atoms with E-state index in [0.717, 1.165) is 18.8 Å². The van der Waals surface area contributed by atoms with Gasteiger partial charge in [-0.05, 0) is 26.1 Å². The van der Waals surface area contributed by atoms with Crippen molar-refractivity contribution in [1.82, 2.24) is 4.90 Å². The van der Waals surface area contributed by atoms with Gasteiger partial charge in [0.1, 0.15) is 0 Å². The first-order chi connectivity index (χ1) is 8.58. The zero-order valence-corrected chi connectivity index (χ0v) is 10.9. The Hall–Kier alpha value is -1.55. The molecule has 4 heteroatoms. The molecule has 2 rings (SSSR count). The third-order valence-electron chi connectivity index (χ3n) is 3.43. The molecule has 1 aliphatic heterocycles. The van der Waals surface area contributed by atoms with Crippen molar-refractivity contribution >= 4 is 11.7 Å². The first-order valence-electron chi connectivity index (χ1n) is 6.31. The molecule has 1 saturated heterocycles. The Kier molecular flexibility index (Phi) is 3.87. The minimum absolute atomic E-state index is 0.0404. The number of hydrogen-bond donors (Lipinski definition) is 1. The van der Waals surface area contributed by atoms with Crippen LogP contribution >= 0.6 is 0 Å². The van der Waals surface area contributed by atoms with Crippen molar-refractivity contribution in [3.8, 4) is 0 Å². The number of benzene rings is 1. The van der Waals surface area contributed by atoms with E-state index in [1.165, 1.54) is 0 Å². The molecular formula is C14H20N2O2. The number of rotatable bonds is 3. The molecule has 1 heterocycles. The topological polar surface area (TPSA) is 43.8 Å². The van der Waals surface area contributed by atoms with E-state index in [1.807, 2.05) is 25.2 Å². The lowest BCUT2D eigenvalue weighted by molar-refractivity contribution is -0.137. The van der Waals surface area contributed by atoms with E-state index in [-0.39, 0.29) is 12.5 Å². The summed E-state index contributed by atoms with van der Waals surface area (Å²) in [4.78, 5) is 15.5. The number of nitrogens with zero attached hydrogens (tertiary/aromatic N) is 2. The fourth-order valence-electron chi connectivity index (χ4n) is 2.85. The highest BCUT2D eigenvalue weighted by atomic mass is 16.4. The predicted molar refractivity (Wildman–Crippen MR) is 71.9 cm³/mol. The molecule has 98 valence electrons. The number of hydrogen-bond acceptors (Lipinski definition) is 3. The van der Waals surface area contributed by atoms with Gasteiger partial charge in [-0.15, -0.1) is 0 Å². The molecule has 0 amide bonds. The molecule has 4 nitrogen and oxygen atoms in total. The number of carbonyl (C=O) groups is 1. The van der Waals surface area contributed by atoms with Gasteiger partial charge in [0, 0.05) is 24.8 Å². The summed E-state index contributed by atoms with van der Waals surface area (Å²) in [7, 11) is 2.05. The Bertz CT molecular complexity index is 408. The van der Waals surface area contributed by atoms with Gasteiger partial charge in [-0.1, -0.05) is 18.2 Å². The summed E-state index contributed by atoms with van der Waals surface area (Å²) in [5.74, 6) is -0.733. The van der Waals surface area contributed by atoms with Crippen molar-refractivity contribution in [3.05, 3.63) is 30.3 Å². The van der Waals surface area contributed by atoms with Crippen LogP contribution in [-0.2, 0) is 4.79 Å². The van der Waals surface area contributed by atoms with Crippen LogP contribution in [0.2, 0.25) is 0 Å². The van der Waals surface area contributed by atoms with Gasteiger partial charge in [0.25, 0.3) is 0 Å². The van der Waals surface area contributed by atoms with Crippen molar-refractivity contribution in [2.45, 2.75) is 25.4 Å². The third-order valence-corrected chi connectivity index (χ3v) is 3.43. The summed E-state index contributed by atoms with van der Waals surface area (Å²) < 4.78 is 0. The predicted octanol–water partition coefficient (Wildman–Crippen LogP) is 1.67. The smallest absolute Gasteiger partial charge is 0.305 e. The van der Waals surface area contributed by atoms with Gasteiger partial charge < -0.3 is 14.9 Å². The molecule has 0 bridgehead atoms. The third kappa shape index (κ3) is 2.82. The molecule has 0 aliphatic carbocycles. The molecule has 18 heavy (non-hydrogen) atoms. The summed E-state index contributed by atoms with van der Waals surface area (Å²) in [5.41, 5.74) is 1.12. The second-order valence-electron chi connectivity index (χ2n) is 5.06. The van der Waals surface area contributed by atoms with Crippen LogP contribution in [0.25, 0.3) is 0 Å². The van der Waals surface area contributed by atoms with Crippen molar-refractivity contribution in [2.75, 3.05) is 25.0 Å². The van der Waals surface area contributed by atoms with E-state index in [4.69, 9.17) is 5.11 Å². The Balaban J connectivity index is 2.24. The molecule has 1 fully saturated rings. The van der Waals surface area contributed by atoms with Gasteiger partial charge in [-0.3, -0.25) is 4.79 Å². The summed E-state index contributed by atoms with van der Waals surface area (Å²) in [5, 5.41) is 9.06. The Morgan fingerprint density at radius 1 is 1.33 bits per heavy atom. The molecule has 0 unspecified atom stereocenters. The van der Waals surface area contributed by atoms with Crippen molar-refractivity contribution in [2.24, 2.45) is 0 Å². The van der Waals surface area contributed by atoms with Gasteiger partial charge in [-0.25, -0.2) is 0 Å². The van der Waals surface area contributed by atoms with Crippen LogP contribution in [0, 0.1) is 0 Å². The monoisotopic (exact) mass is 248 g/mol. The van der Waals surface area contributed by atoms with Crippen molar-refractivity contribution < 1.29 is 9.90 Å². The minimum atomic E-state index is -0.733. The fourth-order valence-corrected chi connectivity index (χ4v) is 2.85. The number of carboxylic acid groups (broad SMARTS) is 1. The molecule has 2 atom stereocenters. The summed E-state index contributed by atoms with van der Waals surface area (Å²) >= 11 is 0. The fraction of sp³-hybridized carbons (Fsp3) is 0.500. The molecule has 0 spiro atoms. The summed E-state index contributed by atoms with van der Waals surface area (Å²) in [6.45, 7) is 3.91. The van der Waals surface area contributed by atoms with Crippen LogP contribution in [0.4, 0.5) is 5.69 Å². The quantitative estimate of drug-likeness (QED) is 0.883. The molecule has 1 N–H and O–H groups in total. The molecule has 1 aliphatic rings. The van der Waals surface area contributed by atoms with Gasteiger partial charge in [0.05, 0.1) is 12.5 Å². The number of likely N-dealkylation sites (N-methyl/N-ethyl adjacent to an activating group) is 1. The normalized spacial score (nSPS) is 25.1. The van der Waals surface area contributed by atoms with E-state index in [2.05, 4.69) is 28.9 Å². The Morgan fingerprint density at radius 3 is 2.61 bits per heavy atom. The maximum atomic E-state index is 11.0. The van der Waals surface area contributed by atoms with Crippen LogP contribution in [-0.4, -0.2) is 48.2 Å². The SMILES string of the molecule is C[C@H]1CN(C)C[C@@H](CC(=O)O)N1c1ccccc1. The van der Waals surface area contributed by atoms with E-state index in [9.17, 15) is 4.79 Å². The highest BCUT2D eigenvalue weighted by Gasteiger charge is 2.31. The second kappa shape index (κ2) is 5.40. The highest BCUT2D eigenvalue weighted by Crippen LogP contribution is 2.25. The largest absolute Gasteiger partial charge is 0.481 e. The lowest BCUT2D eigenvalue weighted by Crippen LogP contribution is -2.57. The first-order valence-corrected chi connectivity index (χ1v) is 6.31. The van der Waals surface area contributed by atoms with Crippen LogP contribution in [0.3, 0.4) is 0 Å². The lowest BCUT2D eigenvalue weighted by atomic mass is 10.0. The molecule has 1 aromatic rings. The van der Waals surface area contributed by atoms with Gasteiger partial charge in [-0.2, -0.15) is 0 Å². The molecule has 0 radical (unpaired) electrons. The van der Waals surface area contributed by atoms with Gasteiger partial charge in [0.2, 0.25) is 0 Å². The number of anilines is 1. The van der Waals surface area contributed by atoms with Crippen LogP contribution < -0.4 is 4.90 Å². The average Bonchev–Trinajstić information content (AvgIpc) is 2.28. The zero-order valence-electron chi connectivity index (χ0n) is 10.9. The van der Waals surface area contributed by atoms with E-state index >= 15 is 0 Å². The average molecular weight is 248 g/mol. The number of aliphatic carboxylic acids is 1. The second-order valence-corrected chi connectivity index (χ2v) is 5.06. The maximum absolute atomic E-state index is 11.0. The van der Waals surface area contributed by atoms with Gasteiger partial charge in [0.15, 0.2) is 0 Å². The van der Waals surface area contributed by atoms with E-state index < -0.39 is 5.97 Å². The number of para-hydroxylation sites is 1. The van der Waals surface area contributed by atoms with Crippen LogP contribution in [0.1, 0.15) is 13.3 Å². The lowest BCUT2D eigenvalue weighted by Gasteiger charge is -2.45. The summed E-state index contributed by atoms with van der Waals surface area (Å²) in [6.07, 6.45) is 0.184. The standard InChI is InChI=1S/C14H20N2O2/c1-11-9-15(2)10-13(8-14(17)18)16(11)12-6-4-3-5-7-12/h3-7,11,13H,8-10H2,1-2H3,(H,17,18)/t11-,13+/m0/s1. The number of carboxylic acids is 1. The maximum Gasteiger partial charge on any atom is 0.305 e. The van der Waals surface area contributed by atoms with E-state index in [1.54, 1.807) is 0 Å². The van der Waals surface area contributed by atoms with Crippen LogP contribution in [0.15, 0.2) is 30.3 Å². The molecule has 0 aromatic heterocycles. The Labute approximate surface area is 108 Å². The van der Waals surface area contributed by atoms with Crippen molar-refractivity contribution in [1.29, 1.82) is 0 Å². The Morgan fingerprint density at radius 2 is 2.00 bits per heavy atom. The molecule has 1 aromatic carbocycles. The first kappa shape index (κ1) is 12.9.